The number of urea groups is 1. The number of carbonyl (C=O) groups is 2. The van der Waals surface area contributed by atoms with Gasteiger partial charge in [-0.3, -0.25) is 0 Å². The molecule has 0 aromatic carbocycles. The van der Waals surface area contributed by atoms with Crippen LogP contribution in [0.15, 0.2) is 5.38 Å². The Morgan fingerprint density at radius 2 is 2.16 bits per heavy atom. The highest BCUT2D eigenvalue weighted by atomic mass is 32.1. The summed E-state index contributed by atoms with van der Waals surface area (Å²) in [6.07, 6.45) is 2.03. The lowest BCUT2D eigenvalue weighted by Crippen LogP contribution is -2.35. The minimum atomic E-state index is -1.05. The first-order valence-corrected chi connectivity index (χ1v) is 7.06. The predicted octanol–water partition coefficient (Wildman–Crippen LogP) is 2.08. The van der Waals surface area contributed by atoms with Crippen molar-refractivity contribution in [1.82, 2.24) is 15.6 Å². The Kier molecular flexibility index (Phi) is 6.27. The minimum absolute atomic E-state index is 0.0131. The SMILES string of the molecule is CC(C)CCCNC(=O)NCc1nc(C(=O)O)cs1. The summed E-state index contributed by atoms with van der Waals surface area (Å²) in [4.78, 5) is 25.9. The Morgan fingerprint density at radius 3 is 2.74 bits per heavy atom. The van der Waals surface area contributed by atoms with Crippen LogP contribution in [0.1, 0.15) is 42.2 Å². The molecule has 0 bridgehead atoms. The van der Waals surface area contributed by atoms with Gasteiger partial charge in [-0.25, -0.2) is 14.6 Å². The van der Waals surface area contributed by atoms with Crippen molar-refractivity contribution in [3.63, 3.8) is 0 Å². The normalized spacial score (nSPS) is 10.5. The topological polar surface area (TPSA) is 91.3 Å². The first kappa shape index (κ1) is 15.4. The number of thiazole rings is 1. The van der Waals surface area contributed by atoms with Crippen molar-refractivity contribution in [2.45, 2.75) is 33.2 Å². The fraction of sp³-hybridized carbons (Fsp3) is 0.583. The quantitative estimate of drug-likeness (QED) is 0.669. The molecule has 6 nitrogen and oxygen atoms in total. The molecule has 106 valence electrons. The van der Waals surface area contributed by atoms with Crippen molar-refractivity contribution >= 4 is 23.3 Å². The molecule has 0 aliphatic heterocycles. The molecule has 1 heterocycles. The molecule has 0 saturated heterocycles. The predicted molar refractivity (Wildman–Crippen MR) is 73.4 cm³/mol. The van der Waals surface area contributed by atoms with Gasteiger partial charge < -0.3 is 15.7 Å². The highest BCUT2D eigenvalue weighted by molar-refractivity contribution is 7.09. The van der Waals surface area contributed by atoms with Crippen LogP contribution in [0.3, 0.4) is 0 Å². The molecular weight excluding hydrogens is 266 g/mol. The van der Waals surface area contributed by atoms with Gasteiger partial charge in [0.05, 0.1) is 6.54 Å². The van der Waals surface area contributed by atoms with Crippen LogP contribution in [0.4, 0.5) is 4.79 Å². The van der Waals surface area contributed by atoms with Crippen LogP contribution in [0.25, 0.3) is 0 Å². The van der Waals surface area contributed by atoms with E-state index < -0.39 is 5.97 Å². The van der Waals surface area contributed by atoms with E-state index in [1.165, 1.54) is 16.7 Å². The van der Waals surface area contributed by atoms with Crippen molar-refractivity contribution in [1.29, 1.82) is 0 Å². The molecule has 3 N–H and O–H groups in total. The molecule has 0 atom stereocenters. The second-order valence-electron chi connectivity index (χ2n) is 4.58. The monoisotopic (exact) mass is 285 g/mol. The molecular formula is C12H19N3O3S. The number of amides is 2. The van der Waals surface area contributed by atoms with Crippen LogP contribution in [-0.2, 0) is 6.54 Å². The first-order chi connectivity index (χ1) is 8.99. The lowest BCUT2D eigenvalue weighted by Gasteiger charge is -2.07. The lowest BCUT2D eigenvalue weighted by atomic mass is 10.1. The number of aromatic carboxylic acids is 1. The molecule has 0 unspecified atom stereocenters. The van der Waals surface area contributed by atoms with Gasteiger partial charge in [0, 0.05) is 11.9 Å². The molecule has 19 heavy (non-hydrogen) atoms. The number of rotatable bonds is 7. The highest BCUT2D eigenvalue weighted by Gasteiger charge is 2.09. The average molecular weight is 285 g/mol. The van der Waals surface area contributed by atoms with E-state index in [0.29, 0.717) is 17.5 Å². The minimum Gasteiger partial charge on any atom is -0.476 e. The van der Waals surface area contributed by atoms with Crippen LogP contribution in [0, 0.1) is 5.92 Å². The summed E-state index contributed by atoms with van der Waals surface area (Å²) in [5, 5.41) is 16.1. The summed E-state index contributed by atoms with van der Waals surface area (Å²) in [5.74, 6) is -0.421. The van der Waals surface area contributed by atoms with Crippen LogP contribution in [-0.4, -0.2) is 28.6 Å². The second-order valence-corrected chi connectivity index (χ2v) is 5.52. The summed E-state index contributed by atoms with van der Waals surface area (Å²) in [6.45, 7) is 5.17. The zero-order valence-corrected chi connectivity index (χ0v) is 11.9. The third kappa shape index (κ3) is 6.19. The smallest absolute Gasteiger partial charge is 0.355 e. The molecule has 1 aromatic rings. The zero-order chi connectivity index (χ0) is 14.3. The van der Waals surface area contributed by atoms with Gasteiger partial charge in [0.2, 0.25) is 0 Å². The van der Waals surface area contributed by atoms with Gasteiger partial charge in [-0.1, -0.05) is 13.8 Å². The van der Waals surface area contributed by atoms with Gasteiger partial charge in [-0.2, -0.15) is 0 Å². The Hall–Kier alpha value is -1.63. The van der Waals surface area contributed by atoms with Crippen molar-refractivity contribution in [3.05, 3.63) is 16.1 Å². The molecule has 0 spiro atoms. The molecule has 7 heteroatoms. The maximum Gasteiger partial charge on any atom is 0.355 e. The molecule has 0 aliphatic rings. The third-order valence-electron chi connectivity index (χ3n) is 2.41. The summed E-state index contributed by atoms with van der Waals surface area (Å²) in [5.41, 5.74) is 0.0131. The van der Waals surface area contributed by atoms with Crippen LogP contribution in [0.2, 0.25) is 0 Å². The van der Waals surface area contributed by atoms with Gasteiger partial charge in [0.1, 0.15) is 5.01 Å². The Morgan fingerprint density at radius 1 is 1.42 bits per heavy atom. The number of hydrogen-bond acceptors (Lipinski definition) is 4. The zero-order valence-electron chi connectivity index (χ0n) is 11.1. The number of nitrogens with one attached hydrogen (secondary N) is 2. The van der Waals surface area contributed by atoms with E-state index in [9.17, 15) is 9.59 Å². The summed E-state index contributed by atoms with van der Waals surface area (Å²) >= 11 is 1.22. The maximum atomic E-state index is 11.4. The summed E-state index contributed by atoms with van der Waals surface area (Å²) in [6, 6.07) is -0.254. The van der Waals surface area contributed by atoms with Crippen LogP contribution >= 0.6 is 11.3 Å². The largest absolute Gasteiger partial charge is 0.476 e. The Balaban J connectivity index is 2.20. The number of aromatic nitrogens is 1. The number of carboxylic acid groups (broad SMARTS) is 1. The molecule has 0 fully saturated rings. The van der Waals surface area contributed by atoms with Crippen LogP contribution < -0.4 is 10.6 Å². The van der Waals surface area contributed by atoms with Gasteiger partial charge >= 0.3 is 12.0 Å². The van der Waals surface area contributed by atoms with E-state index in [-0.39, 0.29) is 18.3 Å². The van der Waals surface area contributed by atoms with Gasteiger partial charge in [0.25, 0.3) is 0 Å². The van der Waals surface area contributed by atoms with E-state index in [1.54, 1.807) is 0 Å². The first-order valence-electron chi connectivity index (χ1n) is 6.18. The van der Waals surface area contributed by atoms with E-state index in [0.717, 1.165) is 12.8 Å². The van der Waals surface area contributed by atoms with Crippen molar-refractivity contribution in [3.8, 4) is 0 Å². The second kappa shape index (κ2) is 7.73. The lowest BCUT2D eigenvalue weighted by molar-refractivity contribution is 0.0691. The van der Waals surface area contributed by atoms with E-state index in [1.807, 2.05) is 0 Å². The number of carboxylic acids is 1. The van der Waals surface area contributed by atoms with Crippen LogP contribution in [0.5, 0.6) is 0 Å². The maximum absolute atomic E-state index is 11.4. The van der Waals surface area contributed by atoms with Crippen molar-refractivity contribution in [2.24, 2.45) is 5.92 Å². The van der Waals surface area contributed by atoms with Gasteiger partial charge in [-0.15, -0.1) is 11.3 Å². The molecule has 1 rings (SSSR count). The number of hydrogen-bond donors (Lipinski definition) is 3. The fourth-order valence-corrected chi connectivity index (χ4v) is 2.13. The van der Waals surface area contributed by atoms with Gasteiger partial charge in [0.15, 0.2) is 5.69 Å². The summed E-state index contributed by atoms with van der Waals surface area (Å²) < 4.78 is 0. The van der Waals surface area contributed by atoms with E-state index >= 15 is 0 Å². The highest BCUT2D eigenvalue weighted by Crippen LogP contribution is 2.09. The number of nitrogens with zero attached hydrogens (tertiary/aromatic N) is 1. The molecule has 0 aliphatic carbocycles. The standard InChI is InChI=1S/C12H19N3O3S/c1-8(2)4-3-5-13-12(18)14-6-10-15-9(7-19-10)11(16)17/h7-8H,3-6H2,1-2H3,(H,16,17)(H2,13,14,18). The molecule has 0 saturated carbocycles. The Labute approximate surface area is 116 Å². The van der Waals surface area contributed by atoms with E-state index in [2.05, 4.69) is 29.5 Å². The number of carbonyl (C=O) groups excluding carboxylic acids is 1. The molecule has 0 radical (unpaired) electrons. The van der Waals surface area contributed by atoms with E-state index in [4.69, 9.17) is 5.11 Å². The molecule has 2 amide bonds. The average Bonchev–Trinajstić information content (AvgIpc) is 2.81. The summed E-state index contributed by atoms with van der Waals surface area (Å²) in [7, 11) is 0. The molecule has 1 aromatic heterocycles. The van der Waals surface area contributed by atoms with Gasteiger partial charge in [-0.05, 0) is 18.8 Å². The van der Waals surface area contributed by atoms with Crippen molar-refractivity contribution < 1.29 is 14.7 Å². The Bertz CT molecular complexity index is 432. The third-order valence-corrected chi connectivity index (χ3v) is 3.26. The fourth-order valence-electron chi connectivity index (χ4n) is 1.42. The van der Waals surface area contributed by atoms with Crippen molar-refractivity contribution in [2.75, 3.05) is 6.54 Å².